The Morgan fingerprint density at radius 1 is 1.00 bits per heavy atom. The van der Waals surface area contributed by atoms with Gasteiger partial charge < -0.3 is 25.4 Å². The molecule has 262 valence electrons. The smallest absolute Gasteiger partial charge is 0.264 e. The summed E-state index contributed by atoms with van der Waals surface area (Å²) in [7, 11) is 0. The lowest BCUT2D eigenvalue weighted by atomic mass is 10.0. The third kappa shape index (κ3) is 7.32. The van der Waals surface area contributed by atoms with Crippen molar-refractivity contribution in [1.82, 2.24) is 15.2 Å². The Kier molecular flexibility index (Phi) is 9.77. The van der Waals surface area contributed by atoms with Crippen molar-refractivity contribution in [3.8, 4) is 17.0 Å². The number of hydrogen-bond donors (Lipinski definition) is 4. The molecule has 1 aromatic heterocycles. The molecule has 4 heterocycles. The molecule has 4 aromatic rings. The number of nitrogens with one attached hydrogen (secondary N) is 4. The number of ether oxygens (including phenoxy) is 2. The summed E-state index contributed by atoms with van der Waals surface area (Å²) in [5, 5.41) is 12.2. The average Bonchev–Trinajstić information content (AvgIpc) is 3.80. The van der Waals surface area contributed by atoms with Crippen molar-refractivity contribution in [2.24, 2.45) is 0 Å². The number of amides is 5. The van der Waals surface area contributed by atoms with E-state index in [2.05, 4.69) is 39.5 Å². The lowest BCUT2D eigenvalue weighted by Crippen LogP contribution is -2.54. The van der Waals surface area contributed by atoms with Gasteiger partial charge in [-0.05, 0) is 67.3 Å². The molecule has 0 aliphatic carbocycles. The third-order valence-electron chi connectivity index (χ3n) is 8.92. The lowest BCUT2D eigenvalue weighted by Gasteiger charge is -2.27. The van der Waals surface area contributed by atoms with Gasteiger partial charge in [0.2, 0.25) is 17.7 Å². The zero-order valence-corrected chi connectivity index (χ0v) is 28.7. The van der Waals surface area contributed by atoms with Gasteiger partial charge >= 0.3 is 0 Å². The SMILES string of the molecule is Cc1sc(NC(=O)Cc2cccc(OCCOCCNc3cccc4c3C(=O)N(C3CCC(=O)NC3=O)C4=O)c2)nc1-c1ccc2c(c1)CCN2. The van der Waals surface area contributed by atoms with Gasteiger partial charge in [0.1, 0.15) is 18.4 Å². The molecule has 1 unspecified atom stereocenters. The Balaban J connectivity index is 0.845. The van der Waals surface area contributed by atoms with Crippen LogP contribution in [0, 0.1) is 6.92 Å². The van der Waals surface area contributed by atoms with Crippen LogP contribution in [0.15, 0.2) is 60.7 Å². The lowest BCUT2D eigenvalue weighted by molar-refractivity contribution is -0.136. The first-order chi connectivity index (χ1) is 24.7. The van der Waals surface area contributed by atoms with Crippen LogP contribution in [0.25, 0.3) is 11.3 Å². The van der Waals surface area contributed by atoms with Crippen LogP contribution in [0.3, 0.4) is 0 Å². The van der Waals surface area contributed by atoms with E-state index in [4.69, 9.17) is 14.5 Å². The summed E-state index contributed by atoms with van der Waals surface area (Å²) in [6.45, 7) is 4.19. The van der Waals surface area contributed by atoms with E-state index in [9.17, 15) is 24.0 Å². The van der Waals surface area contributed by atoms with Gasteiger partial charge in [-0.2, -0.15) is 0 Å². The first kappa shape index (κ1) is 33.9. The number of piperidine rings is 1. The second-order valence-corrected chi connectivity index (χ2v) is 13.6. The topological polar surface area (TPSA) is 168 Å². The fourth-order valence-corrected chi connectivity index (χ4v) is 7.36. The Hall–Kier alpha value is -5.60. The quantitative estimate of drug-likeness (QED) is 0.117. The van der Waals surface area contributed by atoms with Crippen LogP contribution >= 0.6 is 11.3 Å². The second kappa shape index (κ2) is 14.7. The summed E-state index contributed by atoms with van der Waals surface area (Å²) in [6, 6.07) is 17.5. The molecule has 1 saturated heterocycles. The highest BCUT2D eigenvalue weighted by molar-refractivity contribution is 7.16. The van der Waals surface area contributed by atoms with Crippen molar-refractivity contribution >= 4 is 57.4 Å². The minimum absolute atomic E-state index is 0.0580. The molecule has 14 heteroatoms. The van der Waals surface area contributed by atoms with E-state index in [1.807, 2.05) is 31.2 Å². The fraction of sp³-hybridized carbons (Fsp3) is 0.297. The van der Waals surface area contributed by atoms with E-state index >= 15 is 0 Å². The predicted molar refractivity (Wildman–Crippen MR) is 191 cm³/mol. The summed E-state index contributed by atoms with van der Waals surface area (Å²) in [6.07, 6.45) is 1.31. The number of anilines is 3. The molecule has 0 saturated carbocycles. The number of thiazole rings is 1. The van der Waals surface area contributed by atoms with E-state index in [1.165, 1.54) is 22.6 Å². The van der Waals surface area contributed by atoms with Crippen LogP contribution < -0.4 is 26.0 Å². The average molecular weight is 709 g/mol. The number of aryl methyl sites for hydroxylation is 1. The first-order valence-electron chi connectivity index (χ1n) is 16.8. The number of hydrogen-bond acceptors (Lipinski definition) is 11. The van der Waals surface area contributed by atoms with E-state index in [0.29, 0.717) is 36.3 Å². The van der Waals surface area contributed by atoms with Gasteiger partial charge in [-0.1, -0.05) is 24.3 Å². The highest BCUT2D eigenvalue weighted by Gasteiger charge is 2.45. The molecule has 7 rings (SSSR count). The molecule has 0 bridgehead atoms. The number of aromatic nitrogens is 1. The van der Waals surface area contributed by atoms with Gasteiger partial charge in [-0.15, -0.1) is 11.3 Å². The molecule has 3 aromatic carbocycles. The van der Waals surface area contributed by atoms with Crippen LogP contribution in [0.5, 0.6) is 5.75 Å². The zero-order valence-electron chi connectivity index (χ0n) is 27.9. The Morgan fingerprint density at radius 2 is 1.86 bits per heavy atom. The maximum absolute atomic E-state index is 13.2. The first-order valence-corrected chi connectivity index (χ1v) is 17.6. The molecule has 5 amide bonds. The van der Waals surface area contributed by atoms with Crippen LogP contribution in [-0.2, 0) is 32.0 Å². The number of benzene rings is 3. The summed E-state index contributed by atoms with van der Waals surface area (Å²) in [5.41, 5.74) is 6.04. The molecule has 1 atom stereocenters. The number of imide groups is 2. The third-order valence-corrected chi connectivity index (χ3v) is 9.81. The second-order valence-electron chi connectivity index (χ2n) is 12.4. The Morgan fingerprint density at radius 3 is 2.73 bits per heavy atom. The number of carbonyl (C=O) groups is 5. The molecule has 1 fully saturated rings. The number of carbonyl (C=O) groups excluding carboxylic acids is 5. The minimum Gasteiger partial charge on any atom is -0.491 e. The maximum atomic E-state index is 13.2. The van der Waals surface area contributed by atoms with Gasteiger partial charge in [0.25, 0.3) is 11.8 Å². The van der Waals surface area contributed by atoms with Crippen molar-refractivity contribution in [1.29, 1.82) is 0 Å². The molecule has 0 spiro atoms. The highest BCUT2D eigenvalue weighted by atomic mass is 32.1. The van der Waals surface area contributed by atoms with Crippen molar-refractivity contribution in [2.45, 2.75) is 38.6 Å². The summed E-state index contributed by atoms with van der Waals surface area (Å²) < 4.78 is 11.6. The molecule has 51 heavy (non-hydrogen) atoms. The predicted octanol–water partition coefficient (Wildman–Crippen LogP) is 4.18. The zero-order chi connectivity index (χ0) is 35.5. The van der Waals surface area contributed by atoms with Crippen LogP contribution in [0.1, 0.15) is 49.6 Å². The Labute approximate surface area is 297 Å². The normalized spacial score (nSPS) is 16.4. The van der Waals surface area contributed by atoms with E-state index in [0.717, 1.165) is 39.6 Å². The summed E-state index contributed by atoms with van der Waals surface area (Å²) >= 11 is 1.46. The number of rotatable bonds is 13. The maximum Gasteiger partial charge on any atom is 0.264 e. The van der Waals surface area contributed by atoms with E-state index in [-0.39, 0.29) is 42.9 Å². The van der Waals surface area contributed by atoms with Crippen molar-refractivity contribution in [2.75, 3.05) is 48.9 Å². The van der Waals surface area contributed by atoms with Crippen molar-refractivity contribution < 1.29 is 33.4 Å². The highest BCUT2D eigenvalue weighted by Crippen LogP contribution is 2.34. The molecule has 0 radical (unpaired) electrons. The fourth-order valence-electron chi connectivity index (χ4n) is 6.50. The molecule has 13 nitrogen and oxygen atoms in total. The van der Waals surface area contributed by atoms with E-state index in [1.54, 1.807) is 18.2 Å². The van der Waals surface area contributed by atoms with Gasteiger partial charge in [0.15, 0.2) is 5.13 Å². The molecule has 3 aliphatic heterocycles. The standard InChI is InChI=1S/C37H36N6O7S/c1-21-33(24-8-9-27-23(20-24)12-13-38-27)42-37(51-21)41-31(45)19-22-4-2-5-25(18-22)50-17-16-49-15-14-39-28-7-3-6-26-32(28)36(48)43(35(26)47)29-10-11-30(44)40-34(29)46/h2-9,18,20,29,38-39H,10-17,19H2,1H3,(H,40,44,46)(H,41,42,45). The van der Waals surface area contributed by atoms with Crippen LogP contribution in [0.4, 0.5) is 16.5 Å². The molecular weight excluding hydrogens is 673 g/mol. The monoisotopic (exact) mass is 708 g/mol. The van der Waals surface area contributed by atoms with Crippen molar-refractivity contribution in [3.05, 3.63) is 87.8 Å². The Bertz CT molecular complexity index is 2050. The van der Waals surface area contributed by atoms with Gasteiger partial charge in [-0.25, -0.2) is 4.98 Å². The van der Waals surface area contributed by atoms with Gasteiger partial charge in [-0.3, -0.25) is 34.2 Å². The number of nitrogens with zero attached hydrogens (tertiary/aromatic N) is 2. The number of fused-ring (bicyclic) bond motifs is 2. The minimum atomic E-state index is -1.02. The summed E-state index contributed by atoms with van der Waals surface area (Å²) in [4.78, 5) is 69.8. The van der Waals surface area contributed by atoms with E-state index < -0.39 is 29.7 Å². The van der Waals surface area contributed by atoms with Crippen molar-refractivity contribution in [3.63, 3.8) is 0 Å². The molecule has 3 aliphatic rings. The largest absolute Gasteiger partial charge is 0.491 e. The van der Waals surface area contributed by atoms with Crippen LogP contribution in [-0.4, -0.2) is 78.4 Å². The van der Waals surface area contributed by atoms with Crippen LogP contribution in [0.2, 0.25) is 0 Å². The summed E-state index contributed by atoms with van der Waals surface area (Å²) in [5.74, 6) is -1.75. The molecule has 4 N–H and O–H groups in total. The van der Waals surface area contributed by atoms with Gasteiger partial charge in [0, 0.05) is 41.3 Å². The molecular formula is C37H36N6O7S. The van der Waals surface area contributed by atoms with Gasteiger partial charge in [0.05, 0.1) is 36.5 Å².